The lowest BCUT2D eigenvalue weighted by Gasteiger charge is -2.07. The zero-order chi connectivity index (χ0) is 20.7. The Bertz CT molecular complexity index is 1390. The van der Waals surface area contributed by atoms with Gasteiger partial charge < -0.3 is 5.32 Å². The first kappa shape index (κ1) is 18.3. The van der Waals surface area contributed by atoms with Crippen molar-refractivity contribution in [1.82, 2.24) is 19.8 Å². The largest absolute Gasteiger partial charge is 0.322 e. The molecule has 5 rings (SSSR count). The number of carbonyl (C=O) groups is 1. The number of rotatable bonds is 3. The number of benzene rings is 3. The number of aryl methyl sites for hydroxylation is 1. The van der Waals surface area contributed by atoms with Crippen molar-refractivity contribution < 1.29 is 4.79 Å². The van der Waals surface area contributed by atoms with E-state index in [0.717, 1.165) is 22.0 Å². The fraction of sp³-hybridized carbons (Fsp3) is 0.0435. The minimum Gasteiger partial charge on any atom is -0.322 e. The van der Waals surface area contributed by atoms with Crippen LogP contribution in [-0.2, 0) is 0 Å². The molecule has 0 aliphatic carbocycles. The van der Waals surface area contributed by atoms with Crippen LogP contribution < -0.4 is 5.32 Å². The summed E-state index contributed by atoms with van der Waals surface area (Å²) in [6, 6.07) is 22.2. The third-order valence-electron chi connectivity index (χ3n) is 4.96. The summed E-state index contributed by atoms with van der Waals surface area (Å²) in [7, 11) is 0. The molecule has 5 aromatic rings. The maximum Gasteiger partial charge on any atom is 0.255 e. The van der Waals surface area contributed by atoms with E-state index in [1.807, 2.05) is 55.5 Å². The molecule has 0 aliphatic heterocycles. The van der Waals surface area contributed by atoms with E-state index >= 15 is 0 Å². The van der Waals surface area contributed by atoms with Crippen LogP contribution in [0.25, 0.3) is 27.8 Å². The zero-order valence-electron chi connectivity index (χ0n) is 16.0. The molecule has 0 saturated carbocycles. The van der Waals surface area contributed by atoms with Gasteiger partial charge in [-0.1, -0.05) is 35.9 Å². The van der Waals surface area contributed by atoms with Crippen molar-refractivity contribution >= 4 is 39.6 Å². The Kier molecular flexibility index (Phi) is 4.41. The quantitative estimate of drug-likeness (QED) is 0.443. The monoisotopic (exact) mass is 413 g/mol. The number of fused-ring (bicyclic) bond motifs is 3. The van der Waals surface area contributed by atoms with Crippen molar-refractivity contribution in [3.05, 3.63) is 89.1 Å². The Morgan fingerprint density at radius 2 is 1.60 bits per heavy atom. The van der Waals surface area contributed by atoms with E-state index in [4.69, 9.17) is 11.6 Å². The highest BCUT2D eigenvalue weighted by molar-refractivity contribution is 6.30. The van der Waals surface area contributed by atoms with Crippen LogP contribution in [0.2, 0.25) is 5.02 Å². The number of hydrogen-bond acceptors (Lipinski definition) is 4. The number of nitrogens with one attached hydrogen (secondary N) is 1. The van der Waals surface area contributed by atoms with Crippen LogP contribution in [0, 0.1) is 6.92 Å². The molecule has 7 heteroatoms. The van der Waals surface area contributed by atoms with Gasteiger partial charge in [-0.25, -0.2) is 0 Å². The molecule has 2 heterocycles. The molecule has 0 spiro atoms. The Morgan fingerprint density at radius 3 is 2.33 bits per heavy atom. The van der Waals surface area contributed by atoms with Crippen LogP contribution in [0.4, 0.5) is 5.69 Å². The van der Waals surface area contributed by atoms with Gasteiger partial charge in [0.1, 0.15) is 0 Å². The number of nitrogens with zero attached hydrogens (tertiary/aromatic N) is 4. The van der Waals surface area contributed by atoms with Gasteiger partial charge >= 0.3 is 0 Å². The second-order valence-electron chi connectivity index (χ2n) is 6.93. The molecular formula is C23H16ClN5O. The van der Waals surface area contributed by atoms with E-state index in [0.29, 0.717) is 27.7 Å². The minimum absolute atomic E-state index is 0.198. The predicted molar refractivity (Wildman–Crippen MR) is 118 cm³/mol. The molecule has 1 amide bonds. The summed E-state index contributed by atoms with van der Waals surface area (Å²) in [6.45, 7) is 1.97. The Labute approximate surface area is 177 Å². The number of carbonyl (C=O) groups excluding carboxylic acids is 1. The molecular weight excluding hydrogens is 398 g/mol. The molecule has 0 unspecified atom stereocenters. The van der Waals surface area contributed by atoms with Crippen LogP contribution in [-0.4, -0.2) is 25.7 Å². The maximum atomic E-state index is 12.4. The van der Waals surface area contributed by atoms with Crippen LogP contribution in [0.5, 0.6) is 0 Å². The summed E-state index contributed by atoms with van der Waals surface area (Å²) in [4.78, 5) is 12.4. The minimum atomic E-state index is -0.198. The van der Waals surface area contributed by atoms with E-state index < -0.39 is 0 Å². The van der Waals surface area contributed by atoms with Crippen LogP contribution in [0.1, 0.15) is 16.1 Å². The van der Waals surface area contributed by atoms with Crippen molar-refractivity contribution in [2.75, 3.05) is 5.32 Å². The van der Waals surface area contributed by atoms with Gasteiger partial charge in [0.2, 0.25) is 0 Å². The molecule has 0 aliphatic rings. The first-order valence-corrected chi connectivity index (χ1v) is 9.76. The third kappa shape index (κ3) is 3.17. The summed E-state index contributed by atoms with van der Waals surface area (Å²) in [5.41, 5.74) is 3.70. The Balaban J connectivity index is 1.46. The number of halogens is 1. The number of aromatic nitrogens is 4. The molecule has 0 radical (unpaired) electrons. The summed E-state index contributed by atoms with van der Waals surface area (Å²) in [5.74, 6) is 0.450. The van der Waals surface area contributed by atoms with E-state index in [2.05, 4.69) is 20.6 Å². The van der Waals surface area contributed by atoms with Gasteiger partial charge in [0, 0.05) is 32.6 Å². The summed E-state index contributed by atoms with van der Waals surface area (Å²) >= 11 is 5.88. The van der Waals surface area contributed by atoms with E-state index in [9.17, 15) is 4.79 Å². The van der Waals surface area contributed by atoms with Crippen LogP contribution >= 0.6 is 11.6 Å². The molecule has 146 valence electrons. The molecule has 0 fully saturated rings. The summed E-state index contributed by atoms with van der Waals surface area (Å²) < 4.78 is 1.76. The van der Waals surface area contributed by atoms with Crippen molar-refractivity contribution in [2.45, 2.75) is 6.92 Å². The third-order valence-corrected chi connectivity index (χ3v) is 5.21. The Hall–Kier alpha value is -3.77. The second kappa shape index (κ2) is 7.24. The standard InChI is InChI=1S/C23H16ClN5O/c1-14-19-4-2-3-5-20(19)22-27-26-21(29(22)28-14)15-8-12-18(13-9-15)25-23(30)16-6-10-17(24)11-7-16/h2-13H,1H3,(H,25,30). The molecule has 0 atom stereocenters. The summed E-state index contributed by atoms with van der Waals surface area (Å²) in [6.07, 6.45) is 0. The van der Waals surface area contributed by atoms with Crippen molar-refractivity contribution in [2.24, 2.45) is 0 Å². The summed E-state index contributed by atoms with van der Waals surface area (Å²) in [5, 5.41) is 18.9. The average molecular weight is 414 g/mol. The fourth-order valence-corrected chi connectivity index (χ4v) is 3.55. The zero-order valence-corrected chi connectivity index (χ0v) is 16.8. The van der Waals surface area contributed by atoms with E-state index in [1.54, 1.807) is 28.8 Å². The molecule has 0 bridgehead atoms. The fourth-order valence-electron chi connectivity index (χ4n) is 3.43. The second-order valence-corrected chi connectivity index (χ2v) is 7.36. The molecule has 6 nitrogen and oxygen atoms in total. The number of hydrogen-bond donors (Lipinski definition) is 1. The molecule has 30 heavy (non-hydrogen) atoms. The predicted octanol–water partition coefficient (Wildman–Crippen LogP) is 5.16. The molecule has 3 aromatic carbocycles. The first-order chi connectivity index (χ1) is 14.6. The SMILES string of the molecule is Cc1nn2c(-c3ccc(NC(=O)c4ccc(Cl)cc4)cc3)nnc2c2ccccc12. The highest BCUT2D eigenvalue weighted by Gasteiger charge is 2.14. The smallest absolute Gasteiger partial charge is 0.255 e. The van der Waals surface area contributed by atoms with Gasteiger partial charge in [-0.15, -0.1) is 10.2 Å². The molecule has 2 aromatic heterocycles. The average Bonchev–Trinajstić information content (AvgIpc) is 3.19. The maximum absolute atomic E-state index is 12.4. The lowest BCUT2D eigenvalue weighted by molar-refractivity contribution is 0.102. The molecule has 0 saturated heterocycles. The topological polar surface area (TPSA) is 72.2 Å². The highest BCUT2D eigenvalue weighted by Crippen LogP contribution is 2.25. The van der Waals surface area contributed by atoms with Gasteiger partial charge in [0.15, 0.2) is 11.5 Å². The van der Waals surface area contributed by atoms with E-state index in [-0.39, 0.29) is 5.91 Å². The van der Waals surface area contributed by atoms with Gasteiger partial charge in [0.05, 0.1) is 5.69 Å². The van der Waals surface area contributed by atoms with Gasteiger partial charge in [-0.05, 0) is 55.5 Å². The van der Waals surface area contributed by atoms with Crippen LogP contribution in [0.3, 0.4) is 0 Å². The Morgan fingerprint density at radius 1 is 0.900 bits per heavy atom. The normalized spacial score (nSPS) is 11.1. The van der Waals surface area contributed by atoms with Gasteiger partial charge in [-0.2, -0.15) is 9.61 Å². The highest BCUT2D eigenvalue weighted by atomic mass is 35.5. The van der Waals surface area contributed by atoms with Crippen molar-refractivity contribution in [3.63, 3.8) is 0 Å². The van der Waals surface area contributed by atoms with Crippen LogP contribution in [0.15, 0.2) is 72.8 Å². The van der Waals surface area contributed by atoms with Gasteiger partial charge in [-0.3, -0.25) is 4.79 Å². The van der Waals surface area contributed by atoms with Crippen molar-refractivity contribution in [3.8, 4) is 11.4 Å². The first-order valence-electron chi connectivity index (χ1n) is 9.38. The lowest BCUT2D eigenvalue weighted by Crippen LogP contribution is -2.11. The van der Waals surface area contributed by atoms with Crippen molar-refractivity contribution in [1.29, 1.82) is 0 Å². The lowest BCUT2D eigenvalue weighted by atomic mass is 10.1. The van der Waals surface area contributed by atoms with E-state index in [1.165, 1.54) is 0 Å². The van der Waals surface area contributed by atoms with Gasteiger partial charge in [0.25, 0.3) is 5.91 Å². The molecule has 1 N–H and O–H groups in total. The number of anilines is 1. The number of amides is 1.